The van der Waals surface area contributed by atoms with Crippen molar-refractivity contribution in [2.75, 3.05) is 60.1 Å². The molecule has 0 aromatic rings. The highest BCUT2D eigenvalue weighted by Gasteiger charge is 2.65. The third-order valence-corrected chi connectivity index (χ3v) is 7.75. The summed E-state index contributed by atoms with van der Waals surface area (Å²) in [5.74, 6) is 0. The summed E-state index contributed by atoms with van der Waals surface area (Å²) in [6, 6.07) is 0. The molecule has 6 atom stereocenters. The molecule has 0 amide bonds. The molecular formula is C24H43N3O6. The molecule has 3 saturated heterocycles. The second kappa shape index (κ2) is 10.0. The van der Waals surface area contributed by atoms with Gasteiger partial charge in [0.2, 0.25) is 0 Å². The lowest BCUT2D eigenvalue weighted by Gasteiger charge is -2.41. The highest BCUT2D eigenvalue weighted by Crippen LogP contribution is 2.50. The van der Waals surface area contributed by atoms with E-state index in [4.69, 9.17) is 14.2 Å². The van der Waals surface area contributed by atoms with Gasteiger partial charge in [-0.3, -0.25) is 14.7 Å². The average Bonchev–Trinajstić information content (AvgIpc) is 3.48. The summed E-state index contributed by atoms with van der Waals surface area (Å²) in [6.45, 7) is 14.2. The molecular weight excluding hydrogens is 426 g/mol. The molecule has 0 aliphatic carbocycles. The van der Waals surface area contributed by atoms with Crippen LogP contribution in [-0.4, -0.2) is 125 Å². The van der Waals surface area contributed by atoms with E-state index in [0.717, 1.165) is 0 Å². The van der Waals surface area contributed by atoms with Crippen LogP contribution in [0, 0.1) is 0 Å². The minimum absolute atomic E-state index is 0.0807. The van der Waals surface area contributed by atoms with E-state index in [1.165, 1.54) is 0 Å². The van der Waals surface area contributed by atoms with Crippen LogP contribution >= 0.6 is 0 Å². The van der Waals surface area contributed by atoms with Crippen LogP contribution in [0.15, 0.2) is 25.3 Å². The van der Waals surface area contributed by atoms with Crippen molar-refractivity contribution in [2.45, 2.75) is 68.1 Å². The number of ether oxygens (including phenoxy) is 3. The quantitative estimate of drug-likeness (QED) is 0.293. The van der Waals surface area contributed by atoms with Crippen molar-refractivity contribution in [3.8, 4) is 0 Å². The SMILES string of the molecule is C=CCN(CC)C1(O)COC(C2(C3CC(O)(N(C)C)CO3)CC(O)(N(CC)CC=C)CO2)C1. The average molecular weight is 470 g/mol. The van der Waals surface area contributed by atoms with Crippen LogP contribution < -0.4 is 0 Å². The third kappa shape index (κ3) is 4.80. The molecule has 0 bridgehead atoms. The maximum atomic E-state index is 11.6. The highest BCUT2D eigenvalue weighted by molar-refractivity contribution is 5.13. The lowest BCUT2D eigenvalue weighted by atomic mass is 9.80. The summed E-state index contributed by atoms with van der Waals surface area (Å²) in [6.07, 6.45) is 3.35. The van der Waals surface area contributed by atoms with Crippen molar-refractivity contribution in [3.05, 3.63) is 25.3 Å². The molecule has 3 heterocycles. The van der Waals surface area contributed by atoms with Crippen LogP contribution in [0.1, 0.15) is 33.1 Å². The summed E-state index contributed by atoms with van der Waals surface area (Å²) < 4.78 is 18.8. The predicted octanol–water partition coefficient (Wildman–Crippen LogP) is 0.367. The lowest BCUT2D eigenvalue weighted by Crippen LogP contribution is -2.57. The molecule has 3 aliphatic heterocycles. The topological polar surface area (TPSA) is 98.1 Å². The monoisotopic (exact) mass is 469 g/mol. The van der Waals surface area contributed by atoms with Crippen LogP contribution in [0.5, 0.6) is 0 Å². The van der Waals surface area contributed by atoms with Crippen molar-refractivity contribution in [1.82, 2.24) is 14.7 Å². The Morgan fingerprint density at radius 1 is 0.818 bits per heavy atom. The molecule has 6 unspecified atom stereocenters. The minimum Gasteiger partial charge on any atom is -0.373 e. The fraction of sp³-hybridized carbons (Fsp3) is 0.833. The zero-order valence-corrected chi connectivity index (χ0v) is 20.7. The molecule has 190 valence electrons. The fourth-order valence-corrected chi connectivity index (χ4v) is 5.57. The Balaban J connectivity index is 1.93. The Morgan fingerprint density at radius 2 is 1.30 bits per heavy atom. The van der Waals surface area contributed by atoms with E-state index in [2.05, 4.69) is 13.2 Å². The fourth-order valence-electron chi connectivity index (χ4n) is 5.57. The molecule has 3 aliphatic rings. The Bertz CT molecular complexity index is 710. The van der Waals surface area contributed by atoms with Crippen molar-refractivity contribution < 1.29 is 29.5 Å². The molecule has 3 rings (SSSR count). The van der Waals surface area contributed by atoms with Gasteiger partial charge in [-0.1, -0.05) is 26.0 Å². The molecule has 0 spiro atoms. The molecule has 3 N–H and O–H groups in total. The summed E-state index contributed by atoms with van der Waals surface area (Å²) in [7, 11) is 3.62. The normalized spacial score (nSPS) is 41.5. The van der Waals surface area contributed by atoms with Gasteiger partial charge in [0.15, 0.2) is 0 Å². The van der Waals surface area contributed by atoms with Gasteiger partial charge in [-0.05, 0) is 27.2 Å². The second-order valence-electron chi connectivity index (χ2n) is 9.92. The van der Waals surface area contributed by atoms with E-state index in [1.54, 1.807) is 17.1 Å². The first-order valence-electron chi connectivity index (χ1n) is 12.0. The molecule has 3 fully saturated rings. The Morgan fingerprint density at radius 3 is 1.76 bits per heavy atom. The maximum absolute atomic E-state index is 11.6. The largest absolute Gasteiger partial charge is 0.373 e. The molecule has 9 nitrogen and oxygen atoms in total. The van der Waals surface area contributed by atoms with Gasteiger partial charge in [-0.2, -0.15) is 0 Å². The first kappa shape index (κ1) is 26.7. The Hall–Kier alpha value is -0.880. The molecule has 0 saturated carbocycles. The summed E-state index contributed by atoms with van der Waals surface area (Å²) in [5, 5.41) is 34.1. The molecule has 0 aromatic heterocycles. The Labute approximate surface area is 198 Å². The van der Waals surface area contributed by atoms with Crippen molar-refractivity contribution in [2.24, 2.45) is 0 Å². The highest BCUT2D eigenvalue weighted by atomic mass is 16.6. The first-order chi connectivity index (χ1) is 15.5. The number of likely N-dealkylation sites (N-methyl/N-ethyl adjacent to an activating group) is 3. The van der Waals surface area contributed by atoms with Gasteiger partial charge in [-0.15, -0.1) is 13.2 Å². The van der Waals surface area contributed by atoms with Crippen molar-refractivity contribution >= 4 is 0 Å². The van der Waals surface area contributed by atoms with Crippen LogP contribution in [0.2, 0.25) is 0 Å². The lowest BCUT2D eigenvalue weighted by molar-refractivity contribution is -0.162. The van der Waals surface area contributed by atoms with Gasteiger partial charge in [-0.25, -0.2) is 0 Å². The maximum Gasteiger partial charge on any atom is 0.145 e. The van der Waals surface area contributed by atoms with Gasteiger partial charge in [0.1, 0.15) is 22.8 Å². The number of hydrogen-bond acceptors (Lipinski definition) is 9. The smallest absolute Gasteiger partial charge is 0.145 e. The van der Waals surface area contributed by atoms with Crippen molar-refractivity contribution in [3.63, 3.8) is 0 Å². The van der Waals surface area contributed by atoms with Crippen LogP contribution in [0.25, 0.3) is 0 Å². The molecule has 9 heteroatoms. The first-order valence-corrected chi connectivity index (χ1v) is 12.0. The minimum atomic E-state index is -1.24. The van der Waals surface area contributed by atoms with E-state index in [-0.39, 0.29) is 26.2 Å². The molecule has 33 heavy (non-hydrogen) atoms. The number of rotatable bonds is 11. The van der Waals surface area contributed by atoms with E-state index in [1.807, 2.05) is 37.7 Å². The van der Waals surface area contributed by atoms with Crippen LogP contribution in [0.3, 0.4) is 0 Å². The predicted molar refractivity (Wildman–Crippen MR) is 125 cm³/mol. The summed E-state index contributed by atoms with van der Waals surface area (Å²) in [5.41, 5.74) is -4.57. The second-order valence-corrected chi connectivity index (χ2v) is 9.92. The Kier molecular flexibility index (Phi) is 8.10. The van der Waals surface area contributed by atoms with Gasteiger partial charge in [0.05, 0.1) is 32.0 Å². The van der Waals surface area contributed by atoms with Gasteiger partial charge < -0.3 is 29.5 Å². The van der Waals surface area contributed by atoms with Gasteiger partial charge in [0.25, 0.3) is 0 Å². The summed E-state index contributed by atoms with van der Waals surface area (Å²) in [4.78, 5) is 5.59. The number of nitrogens with zero attached hydrogens (tertiary/aromatic N) is 3. The molecule has 0 aromatic carbocycles. The van der Waals surface area contributed by atoms with Crippen LogP contribution in [0.4, 0.5) is 0 Å². The van der Waals surface area contributed by atoms with Crippen LogP contribution in [-0.2, 0) is 14.2 Å². The molecule has 0 radical (unpaired) electrons. The van der Waals surface area contributed by atoms with Crippen molar-refractivity contribution in [1.29, 1.82) is 0 Å². The third-order valence-electron chi connectivity index (χ3n) is 7.75. The van der Waals surface area contributed by atoms with E-state index in [0.29, 0.717) is 39.0 Å². The number of hydrogen-bond donors (Lipinski definition) is 3. The van der Waals surface area contributed by atoms with E-state index in [9.17, 15) is 15.3 Å². The zero-order chi connectivity index (χ0) is 24.5. The zero-order valence-electron chi connectivity index (χ0n) is 20.7. The number of aliphatic hydroxyl groups is 3. The van der Waals surface area contributed by atoms with E-state index < -0.39 is 35.0 Å². The standard InChI is InChI=1S/C24H43N3O6/c1-7-11-26(9-3)22(29)14-20(32-17-22)24(19-13-21(28,16-31-19)25(5)6)15-23(30,18-33-24)27(10-4)12-8-2/h7-8,19-20,28-30H,1-2,9-18H2,3-6H3. The van der Waals surface area contributed by atoms with E-state index >= 15 is 0 Å². The van der Waals surface area contributed by atoms with Gasteiger partial charge >= 0.3 is 0 Å². The van der Waals surface area contributed by atoms with Gasteiger partial charge in [0, 0.05) is 32.4 Å². The summed E-state index contributed by atoms with van der Waals surface area (Å²) >= 11 is 0.